The molecule has 0 bridgehead atoms. The largest absolute Gasteiger partial charge is 0.465 e. The first-order valence-corrected chi connectivity index (χ1v) is 7.94. The molecular weight excluding hydrogens is 224 g/mol. The Bertz CT molecular complexity index is 213. The molecule has 2 heteroatoms. The lowest BCUT2D eigenvalue weighted by Gasteiger charge is -2.12. The van der Waals surface area contributed by atoms with Crippen molar-refractivity contribution >= 4 is 5.97 Å². The van der Waals surface area contributed by atoms with Crippen molar-refractivity contribution in [1.29, 1.82) is 0 Å². The second-order valence-electron chi connectivity index (χ2n) is 5.86. The molecule has 0 spiro atoms. The van der Waals surface area contributed by atoms with Crippen LogP contribution in [0.4, 0.5) is 0 Å². The quantitative estimate of drug-likeness (QED) is 0.577. The minimum absolute atomic E-state index is 0.00828. The second kappa shape index (κ2) is 10.4. The molecular formula is C16H30O2. The number of rotatable bonds is 0. The van der Waals surface area contributed by atoms with Gasteiger partial charge in [0.2, 0.25) is 0 Å². The van der Waals surface area contributed by atoms with E-state index < -0.39 is 0 Å². The van der Waals surface area contributed by atoms with E-state index in [2.05, 4.69) is 6.92 Å². The average Bonchev–Trinajstić information content (AvgIpc) is 2.36. The van der Waals surface area contributed by atoms with Crippen molar-refractivity contribution in [3.05, 3.63) is 0 Å². The van der Waals surface area contributed by atoms with Crippen LogP contribution in [0.15, 0.2) is 0 Å². The highest BCUT2D eigenvalue weighted by Crippen LogP contribution is 2.15. The SMILES string of the molecule is C[C@H]1CCCCCCCCCCCCC(=O)OC1. The highest BCUT2D eigenvalue weighted by atomic mass is 16.5. The molecule has 18 heavy (non-hydrogen) atoms. The average molecular weight is 254 g/mol. The van der Waals surface area contributed by atoms with Crippen LogP contribution in [-0.4, -0.2) is 12.6 Å². The molecule has 1 rings (SSSR count). The lowest BCUT2D eigenvalue weighted by Crippen LogP contribution is -2.11. The Kier molecular flexibility index (Phi) is 8.97. The smallest absolute Gasteiger partial charge is 0.305 e. The molecule has 2 nitrogen and oxygen atoms in total. The summed E-state index contributed by atoms with van der Waals surface area (Å²) < 4.78 is 5.32. The van der Waals surface area contributed by atoms with Crippen molar-refractivity contribution in [1.82, 2.24) is 0 Å². The van der Waals surface area contributed by atoms with Gasteiger partial charge in [-0.25, -0.2) is 0 Å². The maximum atomic E-state index is 11.5. The van der Waals surface area contributed by atoms with Crippen molar-refractivity contribution in [3.63, 3.8) is 0 Å². The van der Waals surface area contributed by atoms with Gasteiger partial charge >= 0.3 is 5.97 Å². The third kappa shape index (κ3) is 8.54. The second-order valence-corrected chi connectivity index (χ2v) is 5.86. The number of carbonyl (C=O) groups excluding carboxylic acids is 1. The van der Waals surface area contributed by atoms with E-state index in [0.717, 1.165) is 6.42 Å². The first kappa shape index (κ1) is 15.5. The van der Waals surface area contributed by atoms with Crippen molar-refractivity contribution in [2.45, 2.75) is 84.0 Å². The summed E-state index contributed by atoms with van der Waals surface area (Å²) in [5, 5.41) is 0. The van der Waals surface area contributed by atoms with Crippen LogP contribution in [-0.2, 0) is 9.53 Å². The molecule has 0 amide bonds. The minimum Gasteiger partial charge on any atom is -0.465 e. The van der Waals surface area contributed by atoms with E-state index in [0.29, 0.717) is 18.9 Å². The Hall–Kier alpha value is -0.530. The fraction of sp³-hybridized carbons (Fsp3) is 0.938. The molecule has 0 radical (unpaired) electrons. The molecule has 0 aliphatic carbocycles. The molecule has 0 aromatic heterocycles. The van der Waals surface area contributed by atoms with Gasteiger partial charge in [0.15, 0.2) is 0 Å². The molecule has 0 unspecified atom stereocenters. The maximum absolute atomic E-state index is 11.5. The summed E-state index contributed by atoms with van der Waals surface area (Å²) >= 11 is 0. The number of cyclic esters (lactones) is 1. The summed E-state index contributed by atoms with van der Waals surface area (Å²) in [7, 11) is 0. The van der Waals surface area contributed by atoms with Gasteiger partial charge in [0.05, 0.1) is 6.61 Å². The number of esters is 1. The highest BCUT2D eigenvalue weighted by Gasteiger charge is 2.07. The van der Waals surface area contributed by atoms with Crippen LogP contribution in [0.2, 0.25) is 0 Å². The normalized spacial score (nSPS) is 26.5. The zero-order chi connectivity index (χ0) is 13.1. The Morgan fingerprint density at radius 3 is 1.94 bits per heavy atom. The van der Waals surface area contributed by atoms with Crippen molar-refractivity contribution in [2.24, 2.45) is 5.92 Å². The summed E-state index contributed by atoms with van der Waals surface area (Å²) in [4.78, 5) is 11.5. The zero-order valence-electron chi connectivity index (χ0n) is 12.1. The van der Waals surface area contributed by atoms with E-state index in [1.54, 1.807) is 0 Å². The highest BCUT2D eigenvalue weighted by molar-refractivity contribution is 5.69. The molecule has 0 aromatic rings. The van der Waals surface area contributed by atoms with Crippen LogP contribution < -0.4 is 0 Å². The van der Waals surface area contributed by atoms with Gasteiger partial charge in [-0.1, -0.05) is 64.7 Å². The molecule has 1 atom stereocenters. The van der Waals surface area contributed by atoms with Crippen molar-refractivity contribution in [3.8, 4) is 0 Å². The Labute approximate surface area is 112 Å². The molecule has 0 saturated carbocycles. The Balaban J connectivity index is 2.21. The van der Waals surface area contributed by atoms with Gasteiger partial charge in [-0.15, -0.1) is 0 Å². The molecule has 106 valence electrons. The van der Waals surface area contributed by atoms with E-state index >= 15 is 0 Å². The van der Waals surface area contributed by atoms with Crippen LogP contribution in [0.5, 0.6) is 0 Å². The fourth-order valence-corrected chi connectivity index (χ4v) is 2.57. The summed E-state index contributed by atoms with van der Waals surface area (Å²) in [6.45, 7) is 2.81. The summed E-state index contributed by atoms with van der Waals surface area (Å²) in [6, 6.07) is 0. The summed E-state index contributed by atoms with van der Waals surface area (Å²) in [5.41, 5.74) is 0. The van der Waals surface area contributed by atoms with Gasteiger partial charge < -0.3 is 4.74 Å². The predicted molar refractivity (Wildman–Crippen MR) is 75.5 cm³/mol. The van der Waals surface area contributed by atoms with Gasteiger partial charge in [-0.2, -0.15) is 0 Å². The van der Waals surface area contributed by atoms with Crippen LogP contribution in [0, 0.1) is 5.92 Å². The third-order valence-corrected chi connectivity index (χ3v) is 3.86. The molecule has 1 saturated heterocycles. The summed E-state index contributed by atoms with van der Waals surface area (Å²) in [6.07, 6.45) is 14.8. The molecule has 0 aromatic carbocycles. The molecule has 1 aliphatic heterocycles. The van der Waals surface area contributed by atoms with Crippen LogP contribution in [0.3, 0.4) is 0 Å². The van der Waals surface area contributed by atoms with Crippen LogP contribution in [0.25, 0.3) is 0 Å². The summed E-state index contributed by atoms with van der Waals surface area (Å²) in [5.74, 6) is 0.538. The van der Waals surface area contributed by atoms with Gasteiger partial charge in [-0.3, -0.25) is 4.79 Å². The first-order valence-electron chi connectivity index (χ1n) is 7.94. The minimum atomic E-state index is 0.00828. The number of hydrogen-bond donors (Lipinski definition) is 0. The fourth-order valence-electron chi connectivity index (χ4n) is 2.57. The zero-order valence-corrected chi connectivity index (χ0v) is 12.1. The maximum Gasteiger partial charge on any atom is 0.305 e. The monoisotopic (exact) mass is 254 g/mol. The van der Waals surface area contributed by atoms with E-state index in [9.17, 15) is 4.79 Å². The van der Waals surface area contributed by atoms with Crippen LogP contribution >= 0.6 is 0 Å². The molecule has 1 fully saturated rings. The number of ether oxygens (including phenoxy) is 1. The Morgan fingerprint density at radius 2 is 1.33 bits per heavy atom. The standard InChI is InChI=1S/C16H30O2/c1-15-12-10-8-6-4-2-3-5-7-9-11-13-16(17)18-14-15/h15H,2-14H2,1H3/t15-/m0/s1. The first-order chi connectivity index (χ1) is 8.79. The van der Waals surface area contributed by atoms with Gasteiger partial charge in [0.1, 0.15) is 0 Å². The molecule has 1 aliphatic rings. The van der Waals surface area contributed by atoms with Crippen molar-refractivity contribution in [2.75, 3.05) is 6.61 Å². The lowest BCUT2D eigenvalue weighted by atomic mass is 10.0. The van der Waals surface area contributed by atoms with Gasteiger partial charge in [0, 0.05) is 6.42 Å². The van der Waals surface area contributed by atoms with Crippen molar-refractivity contribution < 1.29 is 9.53 Å². The number of hydrogen-bond acceptors (Lipinski definition) is 2. The Morgan fingerprint density at radius 1 is 0.833 bits per heavy atom. The van der Waals surface area contributed by atoms with Gasteiger partial charge in [-0.05, 0) is 18.8 Å². The van der Waals surface area contributed by atoms with Crippen LogP contribution in [0.1, 0.15) is 84.0 Å². The lowest BCUT2D eigenvalue weighted by molar-refractivity contribution is -0.145. The molecule has 0 N–H and O–H groups in total. The number of carbonyl (C=O) groups is 1. The topological polar surface area (TPSA) is 26.3 Å². The molecule has 1 heterocycles. The van der Waals surface area contributed by atoms with E-state index in [1.165, 1.54) is 64.2 Å². The van der Waals surface area contributed by atoms with E-state index in [4.69, 9.17) is 4.74 Å². The van der Waals surface area contributed by atoms with E-state index in [-0.39, 0.29) is 5.97 Å². The van der Waals surface area contributed by atoms with Gasteiger partial charge in [0.25, 0.3) is 0 Å². The third-order valence-electron chi connectivity index (χ3n) is 3.86. The predicted octanol–water partition coefficient (Wildman–Crippen LogP) is 4.86. The van der Waals surface area contributed by atoms with E-state index in [1.807, 2.05) is 0 Å².